The van der Waals surface area contributed by atoms with Crippen molar-refractivity contribution in [3.05, 3.63) is 77.8 Å². The Labute approximate surface area is 253 Å². The number of thioether (sulfide) groups is 1. The van der Waals surface area contributed by atoms with Crippen molar-refractivity contribution in [3.63, 3.8) is 0 Å². The van der Waals surface area contributed by atoms with Crippen LogP contribution in [0.3, 0.4) is 0 Å². The molecule has 3 heterocycles. The van der Waals surface area contributed by atoms with E-state index in [1.54, 1.807) is 16.7 Å². The van der Waals surface area contributed by atoms with Gasteiger partial charge in [0.2, 0.25) is 12.5 Å². The molecule has 0 N–H and O–H groups in total. The van der Waals surface area contributed by atoms with Gasteiger partial charge in [-0.05, 0) is 56.8 Å². The molecule has 0 spiro atoms. The summed E-state index contributed by atoms with van der Waals surface area (Å²) in [6.45, 7) is 14.9. The fourth-order valence-electron chi connectivity index (χ4n) is 6.73. The molecule has 2 fully saturated rings. The summed E-state index contributed by atoms with van der Waals surface area (Å²) in [5.41, 5.74) is 3.53. The van der Waals surface area contributed by atoms with Gasteiger partial charge in [-0.15, -0.1) is 0 Å². The Morgan fingerprint density at radius 1 is 1.12 bits per heavy atom. The van der Waals surface area contributed by atoms with Crippen molar-refractivity contribution in [1.82, 2.24) is 19.8 Å². The van der Waals surface area contributed by atoms with Gasteiger partial charge < -0.3 is 24.4 Å². The molecule has 2 aromatic carbocycles. The van der Waals surface area contributed by atoms with Crippen molar-refractivity contribution in [3.8, 4) is 0 Å². The number of nitrogens with zero attached hydrogens (tertiary/aromatic N) is 7. The number of piperazine rings is 1. The van der Waals surface area contributed by atoms with E-state index >= 15 is 0 Å². The van der Waals surface area contributed by atoms with Crippen LogP contribution in [0.1, 0.15) is 24.1 Å². The van der Waals surface area contributed by atoms with Crippen LogP contribution in [0.4, 0.5) is 11.5 Å². The highest BCUT2D eigenvalue weighted by molar-refractivity contribution is 7.99. The molecule has 8 nitrogen and oxygen atoms in total. The van der Waals surface area contributed by atoms with E-state index in [-0.39, 0.29) is 18.5 Å². The van der Waals surface area contributed by atoms with E-state index in [0.717, 1.165) is 41.9 Å². The lowest BCUT2D eigenvalue weighted by Crippen LogP contribution is -2.56. The molecule has 1 saturated heterocycles. The molecule has 1 aromatic heterocycles. The fourth-order valence-corrected chi connectivity index (χ4v) is 7.81. The third-order valence-electron chi connectivity index (χ3n) is 9.14. The first-order valence-electron chi connectivity index (χ1n) is 14.9. The van der Waals surface area contributed by atoms with Crippen LogP contribution in [0.5, 0.6) is 0 Å². The molecule has 2 unspecified atom stereocenters. The molecule has 42 heavy (non-hydrogen) atoms. The van der Waals surface area contributed by atoms with Gasteiger partial charge in [-0.1, -0.05) is 54.7 Å². The summed E-state index contributed by atoms with van der Waals surface area (Å²) in [6, 6.07) is 15.5. The average Bonchev–Trinajstić information content (AvgIpc) is 2.99. The third-order valence-corrected chi connectivity index (χ3v) is 10.2. The number of rotatable bonds is 8. The van der Waals surface area contributed by atoms with Gasteiger partial charge in [0, 0.05) is 54.6 Å². The number of hydrogen-bond acceptors (Lipinski definition) is 7. The molecule has 218 valence electrons. The Morgan fingerprint density at radius 2 is 1.95 bits per heavy atom. The maximum Gasteiger partial charge on any atom is 0.246 e. The Kier molecular flexibility index (Phi) is 8.36. The zero-order valence-electron chi connectivity index (χ0n) is 24.6. The van der Waals surface area contributed by atoms with Gasteiger partial charge in [0.25, 0.3) is 0 Å². The molecule has 9 heteroatoms. The number of carbonyl (C=O) groups is 1. The van der Waals surface area contributed by atoms with E-state index < -0.39 is 0 Å². The molecule has 1 aliphatic carbocycles. The monoisotopic (exact) mass is 581 g/mol. The predicted molar refractivity (Wildman–Crippen MR) is 171 cm³/mol. The molecule has 0 bridgehead atoms. The number of benzene rings is 2. The van der Waals surface area contributed by atoms with Gasteiger partial charge >= 0.3 is 0 Å². The van der Waals surface area contributed by atoms with Crippen molar-refractivity contribution < 1.29 is 4.79 Å². The average molecular weight is 582 g/mol. The van der Waals surface area contributed by atoms with Crippen molar-refractivity contribution in [2.75, 3.05) is 62.4 Å². The first-order valence-corrected chi connectivity index (χ1v) is 15.9. The lowest BCUT2D eigenvalue weighted by molar-refractivity contribution is -0.128. The minimum atomic E-state index is -0.185. The normalized spacial score (nSPS) is 22.0. The second kappa shape index (κ2) is 12.3. The van der Waals surface area contributed by atoms with Crippen molar-refractivity contribution in [2.24, 2.45) is 5.92 Å². The Hall–Kier alpha value is -3.61. The highest BCUT2D eigenvalue weighted by Crippen LogP contribution is 2.38. The molecular formula is C33H39N7OS. The van der Waals surface area contributed by atoms with Crippen molar-refractivity contribution >= 4 is 39.9 Å². The first kappa shape index (κ1) is 28.5. The van der Waals surface area contributed by atoms with Crippen LogP contribution in [-0.4, -0.2) is 90.3 Å². The Bertz CT molecular complexity index is 1510. The Morgan fingerprint density at radius 3 is 2.71 bits per heavy atom. The molecule has 3 atom stereocenters. The van der Waals surface area contributed by atoms with E-state index in [2.05, 4.69) is 82.7 Å². The summed E-state index contributed by atoms with van der Waals surface area (Å²) in [5, 5.41) is 3.34. The van der Waals surface area contributed by atoms with E-state index in [4.69, 9.17) is 16.5 Å². The lowest BCUT2D eigenvalue weighted by atomic mass is 9.80. The lowest BCUT2D eigenvalue weighted by Gasteiger charge is -2.41. The van der Waals surface area contributed by atoms with E-state index in [9.17, 15) is 4.79 Å². The minimum Gasteiger partial charge on any atom is -0.365 e. The summed E-state index contributed by atoms with van der Waals surface area (Å²) in [6.07, 6.45) is 4.71. The predicted octanol–water partition coefficient (Wildman–Crippen LogP) is 4.75. The maximum absolute atomic E-state index is 12.6. The molecule has 2 aliphatic heterocycles. The van der Waals surface area contributed by atoms with Crippen LogP contribution < -0.4 is 9.80 Å². The van der Waals surface area contributed by atoms with Gasteiger partial charge in [-0.3, -0.25) is 4.79 Å². The summed E-state index contributed by atoms with van der Waals surface area (Å²) in [5.74, 6) is 2.54. The van der Waals surface area contributed by atoms with Gasteiger partial charge in [0.05, 0.1) is 12.2 Å². The van der Waals surface area contributed by atoms with Gasteiger partial charge in [-0.25, -0.2) is 16.5 Å². The molecule has 6 rings (SSSR count). The molecule has 1 amide bonds. The number of fused-ring (bicyclic) bond motifs is 2. The summed E-state index contributed by atoms with van der Waals surface area (Å²) in [4.78, 5) is 35.5. The SMILES string of the molecule is [C-]#[N+]C[C@H]1CN(c2nc(SCC3CCC3N(C)C)nc3c2CCN(c2cccc4ccccc24)C3)CCN1C(=O)C=C. The zero-order valence-corrected chi connectivity index (χ0v) is 25.4. The van der Waals surface area contributed by atoms with Crippen LogP contribution in [0.15, 0.2) is 60.3 Å². The minimum absolute atomic E-state index is 0.106. The van der Waals surface area contributed by atoms with Crippen molar-refractivity contribution in [2.45, 2.75) is 43.0 Å². The molecule has 3 aliphatic rings. The van der Waals surface area contributed by atoms with Crippen LogP contribution in [-0.2, 0) is 17.8 Å². The second-order valence-corrected chi connectivity index (χ2v) is 12.8. The Balaban J connectivity index is 1.32. The molecule has 0 radical (unpaired) electrons. The standard InChI is InChI=1S/C33H39N7OS/c1-5-31(41)40-18-17-39(20-25(40)19-34-2)32-27-15-16-38(30-12-8-10-23-9-6-7-11-26(23)30)21-28(27)35-33(36-32)42-22-24-13-14-29(24)37(3)4/h5-12,24-25,29H,1,13-22H2,3-4H3/t24?,25-,29?/m0/s1. The number of amides is 1. The third kappa shape index (κ3) is 5.58. The largest absolute Gasteiger partial charge is 0.365 e. The number of hydrogen-bond donors (Lipinski definition) is 0. The maximum atomic E-state index is 12.6. The van der Waals surface area contributed by atoms with Crippen LogP contribution in [0.25, 0.3) is 15.6 Å². The summed E-state index contributed by atoms with van der Waals surface area (Å²) >= 11 is 1.78. The molecule has 3 aromatic rings. The smallest absolute Gasteiger partial charge is 0.246 e. The van der Waals surface area contributed by atoms with E-state index in [1.807, 2.05) is 0 Å². The van der Waals surface area contributed by atoms with E-state index in [1.165, 1.54) is 40.9 Å². The highest BCUT2D eigenvalue weighted by atomic mass is 32.2. The topological polar surface area (TPSA) is 60.2 Å². The molecular weight excluding hydrogens is 542 g/mol. The summed E-state index contributed by atoms with van der Waals surface area (Å²) < 4.78 is 0. The van der Waals surface area contributed by atoms with Gasteiger partial charge in [0.1, 0.15) is 11.9 Å². The van der Waals surface area contributed by atoms with Crippen LogP contribution in [0.2, 0.25) is 0 Å². The second-order valence-electron chi connectivity index (χ2n) is 11.8. The fraction of sp³-hybridized carbons (Fsp3) is 0.455. The number of anilines is 2. The van der Waals surface area contributed by atoms with Gasteiger partial charge in [-0.2, -0.15) is 0 Å². The van der Waals surface area contributed by atoms with E-state index in [0.29, 0.717) is 31.6 Å². The first-order chi connectivity index (χ1) is 20.5. The van der Waals surface area contributed by atoms with Crippen LogP contribution in [0, 0.1) is 12.5 Å². The summed E-state index contributed by atoms with van der Waals surface area (Å²) in [7, 11) is 4.35. The number of aromatic nitrogens is 2. The van der Waals surface area contributed by atoms with Crippen molar-refractivity contribution in [1.29, 1.82) is 0 Å². The highest BCUT2D eigenvalue weighted by Gasteiger charge is 2.36. The molecule has 1 saturated carbocycles. The van der Waals surface area contributed by atoms with Crippen LogP contribution >= 0.6 is 11.8 Å². The quantitative estimate of drug-likeness (QED) is 0.165. The number of carbonyl (C=O) groups excluding carboxylic acids is 1. The van der Waals surface area contributed by atoms with Gasteiger partial charge in [0.15, 0.2) is 5.16 Å². The zero-order chi connectivity index (χ0) is 29.2.